The van der Waals surface area contributed by atoms with Crippen molar-refractivity contribution in [3.63, 3.8) is 0 Å². The Kier molecular flexibility index (Phi) is 3.69. The number of amides is 1. The minimum atomic E-state index is 0.0116. The summed E-state index contributed by atoms with van der Waals surface area (Å²) in [6.07, 6.45) is 1.86. The molecule has 4 nitrogen and oxygen atoms in total. The molecule has 0 saturated carbocycles. The minimum Gasteiger partial charge on any atom is -0.350 e. The molecular formula is C9H14BrN3O. The Balaban J connectivity index is 2.54. The van der Waals surface area contributed by atoms with Gasteiger partial charge in [-0.3, -0.25) is 9.48 Å². The first-order valence-electron chi connectivity index (χ1n) is 4.46. The lowest BCUT2D eigenvalue weighted by atomic mass is 10.2. The predicted octanol–water partition coefficient (Wildman–Crippen LogP) is 1.45. The Labute approximate surface area is 91.8 Å². The van der Waals surface area contributed by atoms with E-state index in [1.807, 2.05) is 27.1 Å². The largest absolute Gasteiger partial charge is 0.350 e. The van der Waals surface area contributed by atoms with Gasteiger partial charge >= 0.3 is 0 Å². The Hall–Kier alpha value is -0.840. The maximum absolute atomic E-state index is 11.3. The topological polar surface area (TPSA) is 46.9 Å². The molecule has 1 aromatic rings. The van der Waals surface area contributed by atoms with Crippen LogP contribution in [0.3, 0.4) is 0 Å². The Bertz CT molecular complexity index is 333. The fourth-order valence-corrected chi connectivity index (χ4v) is 1.52. The van der Waals surface area contributed by atoms with Crippen LogP contribution in [0, 0.1) is 5.92 Å². The van der Waals surface area contributed by atoms with Crippen molar-refractivity contribution >= 4 is 21.8 Å². The van der Waals surface area contributed by atoms with Crippen LogP contribution in [0.5, 0.6) is 0 Å². The normalized spacial score (nSPS) is 10.6. The first kappa shape index (κ1) is 11.2. The van der Waals surface area contributed by atoms with E-state index in [1.165, 1.54) is 0 Å². The summed E-state index contributed by atoms with van der Waals surface area (Å²) in [5, 5.41) is 7.00. The fourth-order valence-electron chi connectivity index (χ4n) is 1.00. The number of carbonyl (C=O) groups excluding carboxylic acids is 1. The summed E-state index contributed by atoms with van der Waals surface area (Å²) in [5.41, 5.74) is 0.849. The Morgan fingerprint density at radius 3 is 2.79 bits per heavy atom. The number of aromatic nitrogens is 2. The van der Waals surface area contributed by atoms with Crippen molar-refractivity contribution in [1.29, 1.82) is 0 Å². The summed E-state index contributed by atoms with van der Waals surface area (Å²) in [7, 11) is 1.85. The van der Waals surface area contributed by atoms with Crippen molar-refractivity contribution in [2.75, 3.05) is 0 Å². The zero-order valence-electron chi connectivity index (χ0n) is 8.54. The summed E-state index contributed by atoms with van der Waals surface area (Å²) in [6.45, 7) is 4.20. The van der Waals surface area contributed by atoms with Gasteiger partial charge in [-0.05, 0) is 15.9 Å². The van der Waals surface area contributed by atoms with Crippen LogP contribution in [0.2, 0.25) is 0 Å². The van der Waals surface area contributed by atoms with Crippen LogP contribution in [0.4, 0.5) is 0 Å². The van der Waals surface area contributed by atoms with Gasteiger partial charge < -0.3 is 5.32 Å². The number of hydrogen-bond donors (Lipinski definition) is 1. The lowest BCUT2D eigenvalue weighted by Crippen LogP contribution is -2.27. The Morgan fingerprint density at radius 1 is 1.71 bits per heavy atom. The molecule has 0 fully saturated rings. The number of nitrogens with one attached hydrogen (secondary N) is 1. The van der Waals surface area contributed by atoms with Gasteiger partial charge in [0.25, 0.3) is 0 Å². The third kappa shape index (κ3) is 2.83. The van der Waals surface area contributed by atoms with Crippen molar-refractivity contribution in [2.24, 2.45) is 13.0 Å². The molecule has 0 radical (unpaired) electrons. The lowest BCUT2D eigenvalue weighted by Gasteiger charge is -2.05. The number of aryl methyl sites for hydroxylation is 1. The molecule has 0 spiro atoms. The second-order valence-electron chi connectivity index (χ2n) is 3.47. The highest BCUT2D eigenvalue weighted by Gasteiger charge is 2.09. The van der Waals surface area contributed by atoms with Gasteiger partial charge in [0, 0.05) is 19.2 Å². The number of halogens is 1. The molecule has 1 amide bonds. The molecule has 1 aromatic heterocycles. The van der Waals surface area contributed by atoms with Crippen LogP contribution in [0.25, 0.3) is 0 Å². The van der Waals surface area contributed by atoms with E-state index in [0.717, 1.165) is 10.2 Å². The molecule has 0 aromatic carbocycles. The van der Waals surface area contributed by atoms with Crippen LogP contribution in [0.1, 0.15) is 19.5 Å². The van der Waals surface area contributed by atoms with Gasteiger partial charge in [-0.15, -0.1) is 0 Å². The van der Waals surface area contributed by atoms with Crippen molar-refractivity contribution in [1.82, 2.24) is 15.1 Å². The second kappa shape index (κ2) is 4.59. The highest BCUT2D eigenvalue weighted by atomic mass is 79.9. The van der Waals surface area contributed by atoms with Crippen LogP contribution in [0.15, 0.2) is 10.7 Å². The van der Waals surface area contributed by atoms with E-state index < -0.39 is 0 Å². The smallest absolute Gasteiger partial charge is 0.222 e. The molecule has 0 atom stereocenters. The number of carbonyl (C=O) groups is 1. The molecule has 5 heteroatoms. The van der Waals surface area contributed by atoms with Gasteiger partial charge in [0.15, 0.2) is 0 Å². The molecule has 0 aliphatic rings. The van der Waals surface area contributed by atoms with Crippen molar-refractivity contribution in [3.05, 3.63) is 16.4 Å². The molecule has 0 unspecified atom stereocenters. The summed E-state index contributed by atoms with van der Waals surface area (Å²) in [6, 6.07) is 0. The average Bonchev–Trinajstić information content (AvgIpc) is 2.40. The summed E-state index contributed by atoms with van der Waals surface area (Å²) < 4.78 is 2.63. The molecule has 1 rings (SSSR count). The molecule has 1 heterocycles. The summed E-state index contributed by atoms with van der Waals surface area (Å²) >= 11 is 3.37. The van der Waals surface area contributed by atoms with Gasteiger partial charge in [0.1, 0.15) is 0 Å². The number of hydrogen-bond acceptors (Lipinski definition) is 2. The van der Waals surface area contributed by atoms with Crippen molar-refractivity contribution in [2.45, 2.75) is 20.4 Å². The SMILES string of the molecule is CC(C)C(=O)NCc1nn(C)cc1Br. The quantitative estimate of drug-likeness (QED) is 0.894. The second-order valence-corrected chi connectivity index (χ2v) is 4.32. The first-order valence-corrected chi connectivity index (χ1v) is 5.25. The molecule has 0 saturated heterocycles. The average molecular weight is 260 g/mol. The van der Waals surface area contributed by atoms with Crippen molar-refractivity contribution < 1.29 is 4.79 Å². The molecule has 1 N–H and O–H groups in total. The van der Waals surface area contributed by atoms with Gasteiger partial charge in [0.2, 0.25) is 5.91 Å². The van der Waals surface area contributed by atoms with Gasteiger partial charge in [-0.2, -0.15) is 5.10 Å². The molecule has 78 valence electrons. The van der Waals surface area contributed by atoms with E-state index in [2.05, 4.69) is 26.3 Å². The third-order valence-electron chi connectivity index (χ3n) is 1.81. The maximum atomic E-state index is 11.3. The molecule has 0 bridgehead atoms. The van der Waals surface area contributed by atoms with Crippen LogP contribution in [-0.2, 0) is 18.4 Å². The maximum Gasteiger partial charge on any atom is 0.222 e. The summed E-state index contributed by atoms with van der Waals surface area (Å²) in [4.78, 5) is 11.3. The molecule has 0 aliphatic heterocycles. The first-order chi connectivity index (χ1) is 6.50. The van der Waals surface area contributed by atoms with Gasteiger partial charge in [-0.1, -0.05) is 13.8 Å². The van der Waals surface area contributed by atoms with Gasteiger partial charge in [-0.25, -0.2) is 0 Å². The van der Waals surface area contributed by atoms with E-state index in [0.29, 0.717) is 6.54 Å². The van der Waals surface area contributed by atoms with E-state index in [1.54, 1.807) is 4.68 Å². The van der Waals surface area contributed by atoms with E-state index in [9.17, 15) is 4.79 Å². The van der Waals surface area contributed by atoms with E-state index in [-0.39, 0.29) is 11.8 Å². The minimum absolute atomic E-state index is 0.0116. The molecule has 14 heavy (non-hydrogen) atoms. The molecular weight excluding hydrogens is 246 g/mol. The Morgan fingerprint density at radius 2 is 2.36 bits per heavy atom. The lowest BCUT2D eigenvalue weighted by molar-refractivity contribution is -0.124. The van der Waals surface area contributed by atoms with Gasteiger partial charge in [0.05, 0.1) is 16.7 Å². The van der Waals surface area contributed by atoms with E-state index >= 15 is 0 Å². The van der Waals surface area contributed by atoms with E-state index in [4.69, 9.17) is 0 Å². The highest BCUT2D eigenvalue weighted by molar-refractivity contribution is 9.10. The van der Waals surface area contributed by atoms with Crippen LogP contribution >= 0.6 is 15.9 Å². The standard InChI is InChI=1S/C9H14BrN3O/c1-6(2)9(14)11-4-8-7(10)5-13(3)12-8/h5-6H,4H2,1-3H3,(H,11,14). The highest BCUT2D eigenvalue weighted by Crippen LogP contribution is 2.13. The molecule has 0 aliphatic carbocycles. The van der Waals surface area contributed by atoms with Crippen molar-refractivity contribution in [3.8, 4) is 0 Å². The number of nitrogens with zero attached hydrogens (tertiary/aromatic N) is 2. The monoisotopic (exact) mass is 259 g/mol. The summed E-state index contributed by atoms with van der Waals surface area (Å²) in [5.74, 6) is 0.0556. The predicted molar refractivity (Wildman–Crippen MR) is 57.6 cm³/mol. The zero-order valence-corrected chi connectivity index (χ0v) is 10.1. The van der Waals surface area contributed by atoms with Crippen LogP contribution < -0.4 is 5.32 Å². The fraction of sp³-hybridized carbons (Fsp3) is 0.556. The number of rotatable bonds is 3. The third-order valence-corrected chi connectivity index (χ3v) is 2.47. The van der Waals surface area contributed by atoms with Crippen LogP contribution in [-0.4, -0.2) is 15.7 Å². The zero-order chi connectivity index (χ0) is 10.7.